The van der Waals surface area contributed by atoms with Gasteiger partial charge in [-0.3, -0.25) is 4.79 Å². The second-order valence-electron chi connectivity index (χ2n) is 4.50. The van der Waals surface area contributed by atoms with Crippen molar-refractivity contribution >= 4 is 60.8 Å². The van der Waals surface area contributed by atoms with Gasteiger partial charge in [-0.1, -0.05) is 55.1 Å². The predicted molar refractivity (Wildman–Crippen MR) is 91.2 cm³/mol. The zero-order chi connectivity index (χ0) is 15.0. The minimum absolute atomic E-state index is 0.186. The number of halogens is 4. The molecular weight excluding hydrogens is 427 g/mol. The summed E-state index contributed by atoms with van der Waals surface area (Å²) in [6.07, 6.45) is 0. The zero-order valence-electron chi connectivity index (χ0n) is 10.7. The molecule has 0 aliphatic carbocycles. The summed E-state index contributed by atoms with van der Waals surface area (Å²) in [5, 5.41) is 0.902. The Balaban J connectivity index is 2.64. The van der Waals surface area contributed by atoms with Crippen molar-refractivity contribution in [3.63, 3.8) is 0 Å². The number of rotatable bonds is 2. The van der Waals surface area contributed by atoms with Crippen LogP contribution >= 0.6 is 55.1 Å². The molecule has 0 aliphatic rings. The molecule has 0 spiro atoms. The quantitative estimate of drug-likeness (QED) is 0.500. The third-order valence-corrected chi connectivity index (χ3v) is 4.85. The monoisotopic (exact) mass is 434 g/mol. The Morgan fingerprint density at radius 1 is 0.850 bits per heavy atom. The summed E-state index contributed by atoms with van der Waals surface area (Å²) in [5.74, 6) is -0.186. The molecule has 2 rings (SSSR count). The topological polar surface area (TPSA) is 17.1 Å². The summed E-state index contributed by atoms with van der Waals surface area (Å²) in [6, 6.07) is 7.16. The summed E-state index contributed by atoms with van der Waals surface area (Å²) >= 11 is 19.3. The van der Waals surface area contributed by atoms with Gasteiger partial charge in [-0.25, -0.2) is 0 Å². The van der Waals surface area contributed by atoms with Crippen LogP contribution in [0.1, 0.15) is 27.0 Å². The largest absolute Gasteiger partial charge is 0.288 e. The Bertz CT molecular complexity index is 652. The van der Waals surface area contributed by atoms with Crippen LogP contribution in [-0.2, 0) is 0 Å². The molecule has 20 heavy (non-hydrogen) atoms. The van der Waals surface area contributed by atoms with Crippen LogP contribution in [0.25, 0.3) is 0 Å². The fourth-order valence-electron chi connectivity index (χ4n) is 1.93. The van der Waals surface area contributed by atoms with Crippen LogP contribution < -0.4 is 0 Å². The lowest BCUT2D eigenvalue weighted by Gasteiger charge is -2.10. The van der Waals surface area contributed by atoms with Gasteiger partial charge >= 0.3 is 0 Å². The maximum atomic E-state index is 12.7. The van der Waals surface area contributed by atoms with Gasteiger partial charge in [0.2, 0.25) is 0 Å². The highest BCUT2D eigenvalue weighted by atomic mass is 79.9. The average Bonchev–Trinajstić information content (AvgIpc) is 2.37. The van der Waals surface area contributed by atoms with Crippen molar-refractivity contribution in [2.24, 2.45) is 0 Å². The van der Waals surface area contributed by atoms with Crippen molar-refractivity contribution in [1.29, 1.82) is 0 Å². The van der Waals surface area contributed by atoms with Crippen molar-refractivity contribution in [1.82, 2.24) is 0 Å². The van der Waals surface area contributed by atoms with E-state index in [1.165, 1.54) is 0 Å². The van der Waals surface area contributed by atoms with Crippen molar-refractivity contribution in [3.8, 4) is 0 Å². The first-order valence-electron chi connectivity index (χ1n) is 5.77. The van der Waals surface area contributed by atoms with Gasteiger partial charge in [-0.05, 0) is 49.2 Å². The first kappa shape index (κ1) is 16.0. The summed E-state index contributed by atoms with van der Waals surface area (Å²) in [6.45, 7) is 3.72. The van der Waals surface area contributed by atoms with Crippen molar-refractivity contribution in [2.75, 3.05) is 0 Å². The van der Waals surface area contributed by atoms with E-state index >= 15 is 0 Å². The molecule has 0 bridgehead atoms. The highest BCUT2D eigenvalue weighted by molar-refractivity contribution is 9.10. The Labute approximate surface area is 144 Å². The van der Waals surface area contributed by atoms with Gasteiger partial charge in [-0.15, -0.1) is 0 Å². The predicted octanol–water partition coefficient (Wildman–Crippen LogP) is 6.37. The summed E-state index contributed by atoms with van der Waals surface area (Å²) in [5.41, 5.74) is 2.57. The van der Waals surface area contributed by atoms with Gasteiger partial charge in [-0.2, -0.15) is 0 Å². The molecule has 0 fully saturated rings. The molecule has 0 aliphatic heterocycles. The highest BCUT2D eigenvalue weighted by Gasteiger charge is 2.19. The van der Waals surface area contributed by atoms with Crippen LogP contribution in [0, 0.1) is 13.8 Å². The minimum atomic E-state index is -0.186. The summed E-state index contributed by atoms with van der Waals surface area (Å²) in [7, 11) is 0. The van der Waals surface area contributed by atoms with Gasteiger partial charge in [0, 0.05) is 20.1 Å². The van der Waals surface area contributed by atoms with E-state index in [1.54, 1.807) is 12.1 Å². The van der Waals surface area contributed by atoms with Gasteiger partial charge in [0.15, 0.2) is 5.78 Å². The molecule has 0 amide bonds. The van der Waals surface area contributed by atoms with Crippen LogP contribution in [0.3, 0.4) is 0 Å². The van der Waals surface area contributed by atoms with E-state index in [1.807, 2.05) is 26.0 Å². The van der Waals surface area contributed by atoms with E-state index in [9.17, 15) is 4.79 Å². The number of ketones is 1. The Kier molecular flexibility index (Phi) is 4.96. The molecule has 2 aromatic rings. The Morgan fingerprint density at radius 3 is 1.55 bits per heavy atom. The SMILES string of the molecule is Cc1cc(Br)cc(C(=O)c2cc(Br)cc(C)c2Cl)c1Cl. The van der Waals surface area contributed by atoms with E-state index < -0.39 is 0 Å². The second-order valence-corrected chi connectivity index (χ2v) is 7.08. The lowest BCUT2D eigenvalue weighted by molar-refractivity contribution is 0.103. The van der Waals surface area contributed by atoms with Gasteiger partial charge < -0.3 is 0 Å². The summed E-state index contributed by atoms with van der Waals surface area (Å²) in [4.78, 5) is 12.7. The molecule has 2 aromatic carbocycles. The standard InChI is InChI=1S/C15H10Br2Cl2O/c1-7-3-9(16)5-11(13(7)18)15(20)12-6-10(17)4-8(2)14(12)19/h3-6H,1-2H3. The number of benzene rings is 2. The van der Waals surface area contributed by atoms with Gasteiger partial charge in [0.25, 0.3) is 0 Å². The van der Waals surface area contributed by atoms with E-state index in [0.29, 0.717) is 21.2 Å². The molecular formula is C15H10Br2Cl2O. The van der Waals surface area contributed by atoms with Crippen LogP contribution in [0.4, 0.5) is 0 Å². The molecule has 0 radical (unpaired) electrons. The van der Waals surface area contributed by atoms with E-state index in [-0.39, 0.29) is 5.78 Å². The molecule has 0 unspecified atom stereocenters. The first-order valence-corrected chi connectivity index (χ1v) is 8.11. The number of carbonyl (C=O) groups excluding carboxylic acids is 1. The minimum Gasteiger partial charge on any atom is -0.288 e. The lowest BCUT2D eigenvalue weighted by atomic mass is 10.00. The number of hydrogen-bond acceptors (Lipinski definition) is 1. The number of hydrogen-bond donors (Lipinski definition) is 0. The molecule has 0 N–H and O–H groups in total. The van der Waals surface area contributed by atoms with E-state index in [2.05, 4.69) is 31.9 Å². The van der Waals surface area contributed by atoms with Crippen LogP contribution in [0.15, 0.2) is 33.2 Å². The maximum Gasteiger partial charge on any atom is 0.196 e. The van der Waals surface area contributed by atoms with E-state index in [0.717, 1.165) is 20.1 Å². The fraction of sp³-hybridized carbons (Fsp3) is 0.133. The van der Waals surface area contributed by atoms with Crippen LogP contribution in [0.2, 0.25) is 10.0 Å². The van der Waals surface area contributed by atoms with Crippen LogP contribution in [0.5, 0.6) is 0 Å². The third-order valence-electron chi connectivity index (χ3n) is 2.93. The van der Waals surface area contributed by atoms with Crippen molar-refractivity contribution in [2.45, 2.75) is 13.8 Å². The second kappa shape index (κ2) is 6.18. The molecule has 0 heterocycles. The normalized spacial score (nSPS) is 10.7. The van der Waals surface area contributed by atoms with Gasteiger partial charge in [0.1, 0.15) is 0 Å². The Hall–Kier alpha value is -0.350. The van der Waals surface area contributed by atoms with Crippen molar-refractivity contribution < 1.29 is 4.79 Å². The molecule has 0 saturated carbocycles. The lowest BCUT2D eigenvalue weighted by Crippen LogP contribution is -2.05. The molecule has 104 valence electrons. The highest BCUT2D eigenvalue weighted by Crippen LogP contribution is 2.32. The van der Waals surface area contributed by atoms with Crippen LogP contribution in [-0.4, -0.2) is 5.78 Å². The average molecular weight is 437 g/mol. The summed E-state index contributed by atoms with van der Waals surface area (Å²) < 4.78 is 1.62. The zero-order valence-corrected chi connectivity index (χ0v) is 15.4. The van der Waals surface area contributed by atoms with E-state index in [4.69, 9.17) is 23.2 Å². The number of carbonyl (C=O) groups is 1. The molecule has 0 saturated heterocycles. The third kappa shape index (κ3) is 3.11. The fourth-order valence-corrected chi connectivity index (χ4v) is 3.46. The molecule has 0 atom stereocenters. The molecule has 1 nitrogen and oxygen atoms in total. The smallest absolute Gasteiger partial charge is 0.196 e. The number of aryl methyl sites for hydroxylation is 2. The van der Waals surface area contributed by atoms with Crippen molar-refractivity contribution in [3.05, 3.63) is 65.5 Å². The molecule has 0 aromatic heterocycles. The maximum absolute atomic E-state index is 12.7. The molecule has 5 heteroatoms. The Morgan fingerprint density at radius 2 is 1.20 bits per heavy atom. The van der Waals surface area contributed by atoms with Gasteiger partial charge in [0.05, 0.1) is 10.0 Å². The first-order chi connectivity index (χ1) is 9.31.